The van der Waals surface area contributed by atoms with Gasteiger partial charge in [-0.2, -0.15) is 5.26 Å². The molecule has 0 bridgehead atoms. The van der Waals surface area contributed by atoms with Crippen LogP contribution >= 0.6 is 0 Å². The summed E-state index contributed by atoms with van der Waals surface area (Å²) in [6.07, 6.45) is 0. The van der Waals surface area contributed by atoms with Crippen LogP contribution in [0.3, 0.4) is 0 Å². The third-order valence-electron chi connectivity index (χ3n) is 3.79. The van der Waals surface area contributed by atoms with Crippen LogP contribution in [0.15, 0.2) is 18.2 Å². The quantitative estimate of drug-likeness (QED) is 0.833. The maximum absolute atomic E-state index is 12.3. The second-order valence-corrected chi connectivity index (χ2v) is 5.46. The number of benzene rings is 1. The van der Waals surface area contributed by atoms with Gasteiger partial charge < -0.3 is 19.3 Å². The number of hydrogen-bond acceptors (Lipinski definition) is 5. The van der Waals surface area contributed by atoms with E-state index in [1.807, 2.05) is 17.9 Å². The van der Waals surface area contributed by atoms with E-state index in [9.17, 15) is 4.79 Å². The molecule has 1 aliphatic heterocycles. The molecule has 1 amide bonds. The van der Waals surface area contributed by atoms with Gasteiger partial charge in [-0.25, -0.2) is 0 Å². The van der Waals surface area contributed by atoms with Gasteiger partial charge in [0.15, 0.2) is 18.1 Å². The number of amides is 1. The molecule has 2 rings (SSSR count). The molecule has 118 valence electrons. The van der Waals surface area contributed by atoms with Crippen LogP contribution in [0.2, 0.25) is 0 Å². The molecule has 1 heterocycles. The number of piperazine rings is 1. The molecule has 0 radical (unpaired) electrons. The van der Waals surface area contributed by atoms with Gasteiger partial charge in [-0.1, -0.05) is 0 Å². The molecule has 6 heteroatoms. The van der Waals surface area contributed by atoms with E-state index >= 15 is 0 Å². The molecule has 1 aliphatic rings. The van der Waals surface area contributed by atoms with Gasteiger partial charge in [-0.05, 0) is 26.1 Å². The third-order valence-corrected chi connectivity index (χ3v) is 3.79. The SMILES string of the molecule is COc1cc(C#N)ccc1OCC(=O)N1CCN(C)C[C@H]1C. The van der Waals surface area contributed by atoms with E-state index in [0.717, 1.165) is 13.1 Å². The number of ether oxygens (including phenoxy) is 2. The molecule has 1 aromatic rings. The maximum atomic E-state index is 12.3. The smallest absolute Gasteiger partial charge is 0.260 e. The maximum Gasteiger partial charge on any atom is 0.260 e. The van der Waals surface area contributed by atoms with E-state index in [4.69, 9.17) is 14.7 Å². The van der Waals surface area contributed by atoms with Gasteiger partial charge >= 0.3 is 0 Å². The highest BCUT2D eigenvalue weighted by Crippen LogP contribution is 2.27. The van der Waals surface area contributed by atoms with Crippen molar-refractivity contribution in [3.8, 4) is 17.6 Å². The molecule has 0 aromatic heterocycles. The zero-order valence-electron chi connectivity index (χ0n) is 13.2. The molecule has 0 saturated carbocycles. The fraction of sp³-hybridized carbons (Fsp3) is 0.500. The molecule has 0 aliphatic carbocycles. The number of carbonyl (C=O) groups is 1. The summed E-state index contributed by atoms with van der Waals surface area (Å²) in [5, 5.41) is 8.88. The van der Waals surface area contributed by atoms with E-state index in [-0.39, 0.29) is 18.6 Å². The normalized spacial score (nSPS) is 18.6. The van der Waals surface area contributed by atoms with Crippen molar-refractivity contribution in [2.24, 2.45) is 0 Å². The highest BCUT2D eigenvalue weighted by molar-refractivity contribution is 5.78. The predicted molar refractivity (Wildman–Crippen MR) is 81.9 cm³/mol. The number of likely N-dealkylation sites (N-methyl/N-ethyl adjacent to an activating group) is 1. The molecule has 1 aromatic carbocycles. The average molecular weight is 303 g/mol. The van der Waals surface area contributed by atoms with Gasteiger partial charge in [0.05, 0.1) is 18.7 Å². The Bertz CT molecular complexity index is 582. The van der Waals surface area contributed by atoms with Crippen LogP contribution in [0.1, 0.15) is 12.5 Å². The second kappa shape index (κ2) is 7.14. The Balaban J connectivity index is 1.98. The van der Waals surface area contributed by atoms with Crippen LogP contribution in [-0.2, 0) is 4.79 Å². The van der Waals surface area contributed by atoms with E-state index in [1.54, 1.807) is 18.2 Å². The summed E-state index contributed by atoms with van der Waals surface area (Å²) < 4.78 is 10.8. The van der Waals surface area contributed by atoms with Crippen LogP contribution in [-0.4, -0.2) is 62.1 Å². The molecule has 0 spiro atoms. The number of carbonyl (C=O) groups excluding carboxylic acids is 1. The number of nitrogens with zero attached hydrogens (tertiary/aromatic N) is 3. The van der Waals surface area contributed by atoms with Gasteiger partial charge in [-0.15, -0.1) is 0 Å². The summed E-state index contributed by atoms with van der Waals surface area (Å²) in [6.45, 7) is 4.46. The van der Waals surface area contributed by atoms with Gasteiger partial charge in [0, 0.05) is 31.7 Å². The van der Waals surface area contributed by atoms with Crippen molar-refractivity contribution in [3.63, 3.8) is 0 Å². The first-order valence-electron chi connectivity index (χ1n) is 7.24. The third kappa shape index (κ3) is 3.68. The van der Waals surface area contributed by atoms with Gasteiger partial charge in [0.2, 0.25) is 0 Å². The van der Waals surface area contributed by atoms with Crippen molar-refractivity contribution in [3.05, 3.63) is 23.8 Å². The molecule has 1 fully saturated rings. The zero-order valence-corrected chi connectivity index (χ0v) is 13.2. The second-order valence-electron chi connectivity index (χ2n) is 5.46. The molecular formula is C16H21N3O3. The monoisotopic (exact) mass is 303 g/mol. The summed E-state index contributed by atoms with van der Waals surface area (Å²) in [4.78, 5) is 16.4. The molecule has 6 nitrogen and oxygen atoms in total. The predicted octanol–water partition coefficient (Wildman–Crippen LogP) is 1.11. The fourth-order valence-electron chi connectivity index (χ4n) is 2.59. The Labute approximate surface area is 130 Å². The standard InChI is InChI=1S/C16H21N3O3/c1-12-10-18(2)6-7-19(12)16(20)11-22-14-5-4-13(9-17)8-15(14)21-3/h4-5,8,12H,6-7,10-11H2,1-3H3/t12-/m1/s1. The fourth-order valence-corrected chi connectivity index (χ4v) is 2.59. The summed E-state index contributed by atoms with van der Waals surface area (Å²) in [6, 6.07) is 7.10. The molecule has 0 unspecified atom stereocenters. The zero-order chi connectivity index (χ0) is 16.1. The lowest BCUT2D eigenvalue weighted by atomic mass is 10.2. The van der Waals surface area contributed by atoms with Crippen LogP contribution in [0.5, 0.6) is 11.5 Å². The van der Waals surface area contributed by atoms with Crippen LogP contribution < -0.4 is 9.47 Å². The van der Waals surface area contributed by atoms with Crippen LogP contribution in [0.25, 0.3) is 0 Å². The van der Waals surface area contributed by atoms with Crippen LogP contribution in [0, 0.1) is 11.3 Å². The summed E-state index contributed by atoms with van der Waals surface area (Å²) in [5.74, 6) is 0.891. The Morgan fingerprint density at radius 3 is 2.82 bits per heavy atom. The minimum absolute atomic E-state index is 0.0314. The van der Waals surface area contributed by atoms with E-state index in [2.05, 4.69) is 11.9 Å². The summed E-state index contributed by atoms with van der Waals surface area (Å²) in [7, 11) is 3.56. The molecule has 0 N–H and O–H groups in total. The van der Waals surface area contributed by atoms with Gasteiger partial charge in [-0.3, -0.25) is 4.79 Å². The Morgan fingerprint density at radius 1 is 1.41 bits per heavy atom. The van der Waals surface area contributed by atoms with E-state index < -0.39 is 0 Å². The topological polar surface area (TPSA) is 65.8 Å². The first-order valence-corrected chi connectivity index (χ1v) is 7.24. The Hall–Kier alpha value is -2.26. The van der Waals surface area contributed by atoms with Gasteiger partial charge in [0.1, 0.15) is 0 Å². The highest BCUT2D eigenvalue weighted by atomic mass is 16.5. The minimum Gasteiger partial charge on any atom is -0.493 e. The number of methoxy groups -OCH3 is 1. The molecular weight excluding hydrogens is 282 g/mol. The molecule has 22 heavy (non-hydrogen) atoms. The average Bonchev–Trinajstić information content (AvgIpc) is 2.52. The van der Waals surface area contributed by atoms with Crippen molar-refractivity contribution in [2.45, 2.75) is 13.0 Å². The van der Waals surface area contributed by atoms with Crippen LogP contribution in [0.4, 0.5) is 0 Å². The first kappa shape index (κ1) is 16.1. The lowest BCUT2D eigenvalue weighted by Gasteiger charge is -2.38. The van der Waals surface area contributed by atoms with Gasteiger partial charge in [0.25, 0.3) is 5.91 Å². The van der Waals surface area contributed by atoms with Crippen molar-refractivity contribution in [1.29, 1.82) is 5.26 Å². The number of nitriles is 1. The number of hydrogen-bond donors (Lipinski definition) is 0. The van der Waals surface area contributed by atoms with Crippen molar-refractivity contribution < 1.29 is 14.3 Å². The van der Waals surface area contributed by atoms with E-state index in [0.29, 0.717) is 23.6 Å². The summed E-state index contributed by atoms with van der Waals surface area (Å²) >= 11 is 0. The highest BCUT2D eigenvalue weighted by Gasteiger charge is 2.26. The van der Waals surface area contributed by atoms with Crippen molar-refractivity contribution in [2.75, 3.05) is 40.4 Å². The number of rotatable bonds is 4. The van der Waals surface area contributed by atoms with Crippen molar-refractivity contribution in [1.82, 2.24) is 9.80 Å². The largest absolute Gasteiger partial charge is 0.493 e. The molecule has 1 saturated heterocycles. The molecule has 1 atom stereocenters. The minimum atomic E-state index is -0.0352. The van der Waals surface area contributed by atoms with Crippen molar-refractivity contribution >= 4 is 5.91 Å². The Morgan fingerprint density at radius 2 is 2.18 bits per heavy atom. The summed E-state index contributed by atoms with van der Waals surface area (Å²) in [5.41, 5.74) is 0.489. The van der Waals surface area contributed by atoms with E-state index in [1.165, 1.54) is 7.11 Å². The lowest BCUT2D eigenvalue weighted by molar-refractivity contribution is -0.137. The Kier molecular flexibility index (Phi) is 5.23. The first-order chi connectivity index (χ1) is 10.5. The lowest BCUT2D eigenvalue weighted by Crippen LogP contribution is -2.53.